The fourth-order valence-electron chi connectivity index (χ4n) is 1.41. The van der Waals surface area contributed by atoms with Crippen molar-refractivity contribution < 1.29 is 17.8 Å². The monoisotopic (exact) mass is 236 g/mol. The van der Waals surface area contributed by atoms with Gasteiger partial charge in [-0.15, -0.1) is 0 Å². The molecule has 1 atom stereocenters. The molecule has 0 radical (unpaired) electrons. The second-order valence-electron chi connectivity index (χ2n) is 3.56. The maximum atomic E-state index is 11.2. The standard InChI is InChI=1S/C8H16N2O4S/c1-2-3-4-5-9-7-6-10(8(7)11)15(12,13)14/h7,9H,2-6H2,1H3,(H,12,13,14)/t7-/m0/s1. The summed E-state index contributed by atoms with van der Waals surface area (Å²) in [5.74, 6) is -0.575. The van der Waals surface area contributed by atoms with Gasteiger partial charge in [0.2, 0.25) is 0 Å². The van der Waals surface area contributed by atoms with Crippen LogP contribution in [0, 0.1) is 0 Å². The van der Waals surface area contributed by atoms with Crippen LogP contribution in [0.15, 0.2) is 0 Å². The quantitative estimate of drug-likeness (QED) is 0.378. The second-order valence-corrected chi connectivity index (χ2v) is 4.90. The molecule has 1 heterocycles. The molecule has 1 fully saturated rings. The molecular formula is C8H16N2O4S. The molecule has 7 heteroatoms. The van der Waals surface area contributed by atoms with Crippen molar-refractivity contribution >= 4 is 16.2 Å². The Morgan fingerprint density at radius 1 is 1.53 bits per heavy atom. The van der Waals surface area contributed by atoms with Crippen LogP contribution in [-0.4, -0.2) is 42.3 Å². The summed E-state index contributed by atoms with van der Waals surface area (Å²) in [6.07, 6.45) is 3.14. The van der Waals surface area contributed by atoms with Crippen molar-refractivity contribution in [3.05, 3.63) is 0 Å². The van der Waals surface area contributed by atoms with Gasteiger partial charge >= 0.3 is 10.3 Å². The van der Waals surface area contributed by atoms with Gasteiger partial charge in [0.25, 0.3) is 5.91 Å². The van der Waals surface area contributed by atoms with E-state index in [1.807, 2.05) is 0 Å². The Hall–Kier alpha value is -0.660. The molecule has 2 N–H and O–H groups in total. The van der Waals surface area contributed by atoms with Gasteiger partial charge < -0.3 is 5.32 Å². The molecule has 0 aromatic heterocycles. The smallest absolute Gasteiger partial charge is 0.304 e. The number of amides is 1. The normalized spacial score (nSPS) is 21.6. The van der Waals surface area contributed by atoms with E-state index in [-0.39, 0.29) is 6.54 Å². The molecule has 1 saturated heterocycles. The highest BCUT2D eigenvalue weighted by Gasteiger charge is 2.42. The minimum atomic E-state index is -4.34. The molecule has 15 heavy (non-hydrogen) atoms. The minimum absolute atomic E-state index is 0.0315. The van der Waals surface area contributed by atoms with Crippen molar-refractivity contribution in [2.45, 2.75) is 32.2 Å². The van der Waals surface area contributed by atoms with Crippen LogP contribution in [0.2, 0.25) is 0 Å². The number of nitrogens with one attached hydrogen (secondary N) is 1. The van der Waals surface area contributed by atoms with Gasteiger partial charge in [-0.2, -0.15) is 8.42 Å². The predicted octanol–water partition coefficient (Wildman–Crippen LogP) is -0.220. The molecule has 1 rings (SSSR count). The van der Waals surface area contributed by atoms with Crippen LogP contribution in [0.3, 0.4) is 0 Å². The predicted molar refractivity (Wildman–Crippen MR) is 54.6 cm³/mol. The van der Waals surface area contributed by atoms with Gasteiger partial charge in [-0.05, 0) is 13.0 Å². The number of carbonyl (C=O) groups is 1. The molecule has 88 valence electrons. The lowest BCUT2D eigenvalue weighted by molar-refractivity contribution is -0.137. The average molecular weight is 236 g/mol. The Kier molecular flexibility index (Phi) is 4.06. The number of hydrogen-bond donors (Lipinski definition) is 2. The minimum Gasteiger partial charge on any atom is -0.304 e. The molecule has 1 aliphatic heterocycles. The Morgan fingerprint density at radius 3 is 2.67 bits per heavy atom. The van der Waals surface area contributed by atoms with Crippen molar-refractivity contribution in [2.24, 2.45) is 0 Å². The van der Waals surface area contributed by atoms with Crippen molar-refractivity contribution in [1.82, 2.24) is 9.62 Å². The Morgan fingerprint density at radius 2 is 2.20 bits per heavy atom. The average Bonchev–Trinajstić information content (AvgIpc) is 2.12. The van der Waals surface area contributed by atoms with E-state index >= 15 is 0 Å². The van der Waals surface area contributed by atoms with E-state index in [9.17, 15) is 13.2 Å². The van der Waals surface area contributed by atoms with E-state index in [0.717, 1.165) is 19.3 Å². The van der Waals surface area contributed by atoms with Crippen LogP contribution in [-0.2, 0) is 15.1 Å². The summed E-state index contributed by atoms with van der Waals surface area (Å²) >= 11 is 0. The second kappa shape index (κ2) is 4.91. The molecule has 6 nitrogen and oxygen atoms in total. The summed E-state index contributed by atoms with van der Waals surface area (Å²) in [4.78, 5) is 11.2. The fourth-order valence-corrected chi connectivity index (χ4v) is 2.10. The molecule has 0 aromatic rings. The highest BCUT2D eigenvalue weighted by Crippen LogP contribution is 2.13. The largest absolute Gasteiger partial charge is 0.362 e. The number of hydrogen-bond acceptors (Lipinski definition) is 4. The first-order valence-corrected chi connectivity index (χ1v) is 6.39. The van der Waals surface area contributed by atoms with E-state index in [1.165, 1.54) is 0 Å². The van der Waals surface area contributed by atoms with Crippen molar-refractivity contribution in [3.8, 4) is 0 Å². The number of unbranched alkanes of at least 4 members (excludes halogenated alkanes) is 2. The maximum absolute atomic E-state index is 11.2. The molecule has 0 saturated carbocycles. The van der Waals surface area contributed by atoms with Gasteiger partial charge in [0, 0.05) is 0 Å². The molecule has 0 aromatic carbocycles. The zero-order chi connectivity index (χ0) is 11.5. The third-order valence-electron chi connectivity index (χ3n) is 2.34. The van der Waals surface area contributed by atoms with Crippen LogP contribution in [0.1, 0.15) is 26.2 Å². The van der Waals surface area contributed by atoms with Gasteiger partial charge in [-0.1, -0.05) is 19.8 Å². The summed E-state index contributed by atoms with van der Waals surface area (Å²) in [6.45, 7) is 2.81. The van der Waals surface area contributed by atoms with Gasteiger partial charge in [0.1, 0.15) is 6.04 Å². The summed E-state index contributed by atoms with van der Waals surface area (Å²) < 4.78 is 30.2. The van der Waals surface area contributed by atoms with Gasteiger partial charge in [0.15, 0.2) is 0 Å². The Balaban J connectivity index is 2.25. The molecular weight excluding hydrogens is 220 g/mol. The van der Waals surface area contributed by atoms with E-state index in [4.69, 9.17) is 4.55 Å². The van der Waals surface area contributed by atoms with E-state index in [0.29, 0.717) is 10.8 Å². The number of β-lactam (4-membered cyclic amide) rings is 1. The van der Waals surface area contributed by atoms with Crippen LogP contribution in [0.4, 0.5) is 0 Å². The van der Waals surface area contributed by atoms with Crippen molar-refractivity contribution in [2.75, 3.05) is 13.1 Å². The van der Waals surface area contributed by atoms with E-state index < -0.39 is 22.3 Å². The molecule has 0 aliphatic carbocycles. The third kappa shape index (κ3) is 3.15. The molecule has 0 bridgehead atoms. The fraction of sp³-hybridized carbons (Fsp3) is 0.875. The molecule has 0 spiro atoms. The SMILES string of the molecule is CCCCCN[C@H]1CN(S(=O)(=O)O)C1=O. The van der Waals surface area contributed by atoms with Crippen molar-refractivity contribution in [1.29, 1.82) is 0 Å². The van der Waals surface area contributed by atoms with Crippen molar-refractivity contribution in [3.63, 3.8) is 0 Å². The maximum Gasteiger partial charge on any atom is 0.362 e. The summed E-state index contributed by atoms with van der Waals surface area (Å²) in [5.41, 5.74) is 0. The Labute approximate surface area is 89.5 Å². The first-order valence-electron chi connectivity index (χ1n) is 4.99. The highest BCUT2D eigenvalue weighted by molar-refractivity contribution is 7.84. The summed E-state index contributed by atoms with van der Waals surface area (Å²) in [6, 6.07) is -0.455. The summed E-state index contributed by atoms with van der Waals surface area (Å²) in [5, 5.41) is 2.94. The summed E-state index contributed by atoms with van der Waals surface area (Å²) in [7, 11) is -4.34. The first kappa shape index (κ1) is 12.4. The van der Waals surface area contributed by atoms with Crippen LogP contribution in [0.25, 0.3) is 0 Å². The van der Waals surface area contributed by atoms with Gasteiger partial charge in [-0.25, -0.2) is 4.31 Å². The van der Waals surface area contributed by atoms with E-state index in [2.05, 4.69) is 12.2 Å². The first-order chi connectivity index (χ1) is 6.96. The zero-order valence-electron chi connectivity index (χ0n) is 8.64. The molecule has 1 aliphatic rings. The van der Waals surface area contributed by atoms with Crippen LogP contribution < -0.4 is 5.32 Å². The molecule has 1 amide bonds. The lowest BCUT2D eigenvalue weighted by Crippen LogP contribution is -2.64. The lowest BCUT2D eigenvalue weighted by atomic mass is 10.1. The third-order valence-corrected chi connectivity index (χ3v) is 3.23. The topological polar surface area (TPSA) is 86.7 Å². The highest BCUT2D eigenvalue weighted by atomic mass is 32.2. The molecule has 0 unspecified atom stereocenters. The number of carbonyl (C=O) groups excluding carboxylic acids is 1. The van der Waals surface area contributed by atoms with E-state index in [1.54, 1.807) is 0 Å². The zero-order valence-corrected chi connectivity index (χ0v) is 9.46. The van der Waals surface area contributed by atoms with Gasteiger partial charge in [0.05, 0.1) is 6.54 Å². The van der Waals surface area contributed by atoms with Crippen LogP contribution in [0.5, 0.6) is 0 Å². The lowest BCUT2D eigenvalue weighted by Gasteiger charge is -2.35. The Bertz CT molecular complexity index is 328. The van der Waals surface area contributed by atoms with Crippen LogP contribution >= 0.6 is 0 Å². The number of nitrogens with zero attached hydrogens (tertiary/aromatic N) is 1. The number of rotatable bonds is 6. The van der Waals surface area contributed by atoms with Gasteiger partial charge in [-0.3, -0.25) is 9.35 Å².